The number of ether oxygens (including phenoxy) is 1. The summed E-state index contributed by atoms with van der Waals surface area (Å²) in [6.45, 7) is 3.39. The van der Waals surface area contributed by atoms with Gasteiger partial charge >= 0.3 is 0 Å². The van der Waals surface area contributed by atoms with Crippen LogP contribution in [-0.4, -0.2) is 18.5 Å². The molecule has 0 aliphatic carbocycles. The highest BCUT2D eigenvalue weighted by Crippen LogP contribution is 2.27. The monoisotopic (exact) mass is 394 g/mol. The van der Waals surface area contributed by atoms with E-state index in [1.807, 2.05) is 48.5 Å². The predicted octanol–water partition coefficient (Wildman–Crippen LogP) is 4.67. The number of piperidine rings is 1. The van der Waals surface area contributed by atoms with E-state index in [-0.39, 0.29) is 24.2 Å². The number of hydrogen-bond acceptors (Lipinski definition) is 3. The molecule has 2 aromatic rings. The Balaban J connectivity index is 0.00000243. The molecule has 4 nitrogen and oxygen atoms in total. The van der Waals surface area contributed by atoms with Gasteiger partial charge in [-0.25, -0.2) is 0 Å². The Morgan fingerprint density at radius 2 is 2.08 bits per heavy atom. The van der Waals surface area contributed by atoms with Crippen LogP contribution in [0.2, 0.25) is 5.02 Å². The Morgan fingerprint density at radius 3 is 2.85 bits per heavy atom. The normalized spacial score (nSPS) is 19.3. The minimum absolute atomic E-state index is 0. The van der Waals surface area contributed by atoms with Crippen molar-refractivity contribution in [1.82, 2.24) is 5.32 Å². The van der Waals surface area contributed by atoms with Crippen molar-refractivity contribution in [2.45, 2.75) is 32.4 Å². The number of para-hydroxylation sites is 2. The fraction of sp³-hybridized carbons (Fsp3) is 0.350. The van der Waals surface area contributed by atoms with E-state index in [2.05, 4.69) is 17.6 Å². The summed E-state index contributed by atoms with van der Waals surface area (Å²) in [6, 6.07) is 15.5. The number of nitrogens with one attached hydrogen (secondary N) is 2. The lowest BCUT2D eigenvalue weighted by Crippen LogP contribution is -2.40. The largest absolute Gasteiger partial charge is 0.487 e. The number of carbonyl (C=O) groups excluding carboxylic acids is 1. The van der Waals surface area contributed by atoms with E-state index < -0.39 is 0 Å². The van der Waals surface area contributed by atoms with Gasteiger partial charge in [0, 0.05) is 17.0 Å². The third-order valence-corrected chi connectivity index (χ3v) is 4.66. The number of hydrogen-bond donors (Lipinski definition) is 2. The molecule has 0 spiro atoms. The molecule has 2 atom stereocenters. The number of anilines is 1. The van der Waals surface area contributed by atoms with E-state index in [4.69, 9.17) is 16.3 Å². The first-order valence-electron chi connectivity index (χ1n) is 8.62. The summed E-state index contributed by atoms with van der Waals surface area (Å²) in [5, 5.41) is 7.08. The van der Waals surface area contributed by atoms with Gasteiger partial charge < -0.3 is 15.4 Å². The number of carbonyl (C=O) groups is 1. The molecule has 1 aliphatic rings. The highest BCUT2D eigenvalue weighted by molar-refractivity contribution is 6.30. The molecule has 2 N–H and O–H groups in total. The molecule has 140 valence electrons. The average molecular weight is 395 g/mol. The molecule has 26 heavy (non-hydrogen) atoms. The van der Waals surface area contributed by atoms with Crippen LogP contribution in [0.1, 0.15) is 25.3 Å². The van der Waals surface area contributed by atoms with Gasteiger partial charge in [-0.05, 0) is 56.1 Å². The van der Waals surface area contributed by atoms with Crippen LogP contribution >= 0.6 is 24.0 Å². The summed E-state index contributed by atoms with van der Waals surface area (Å²) >= 11 is 6.01. The van der Waals surface area contributed by atoms with Crippen LogP contribution in [0.25, 0.3) is 0 Å². The van der Waals surface area contributed by atoms with E-state index in [0.717, 1.165) is 24.9 Å². The summed E-state index contributed by atoms with van der Waals surface area (Å²) in [7, 11) is 0. The van der Waals surface area contributed by atoms with Gasteiger partial charge in [0.1, 0.15) is 12.4 Å². The van der Waals surface area contributed by atoms with E-state index >= 15 is 0 Å². The minimum Gasteiger partial charge on any atom is -0.487 e. The number of rotatable bonds is 5. The van der Waals surface area contributed by atoms with Crippen LogP contribution in [0, 0.1) is 5.92 Å². The molecule has 0 radical (unpaired) electrons. The van der Waals surface area contributed by atoms with Crippen molar-refractivity contribution in [3.8, 4) is 5.75 Å². The molecule has 1 heterocycles. The SMILES string of the molecule is C[C@H]1C[C@@H](C(=O)Nc2ccccc2OCc2cccc(Cl)c2)CCN1.Cl. The molecule has 0 bridgehead atoms. The van der Waals surface area contributed by atoms with Crippen molar-refractivity contribution in [3.63, 3.8) is 0 Å². The molecular formula is C20H24Cl2N2O2. The Morgan fingerprint density at radius 1 is 1.27 bits per heavy atom. The van der Waals surface area contributed by atoms with E-state index in [9.17, 15) is 4.79 Å². The summed E-state index contributed by atoms with van der Waals surface area (Å²) in [4.78, 5) is 12.6. The molecule has 1 amide bonds. The van der Waals surface area contributed by atoms with Crippen LogP contribution in [0.3, 0.4) is 0 Å². The highest BCUT2D eigenvalue weighted by atomic mass is 35.5. The van der Waals surface area contributed by atoms with Crippen LogP contribution < -0.4 is 15.4 Å². The van der Waals surface area contributed by atoms with E-state index in [1.54, 1.807) is 0 Å². The summed E-state index contributed by atoms with van der Waals surface area (Å²) in [5.41, 5.74) is 1.70. The average Bonchev–Trinajstić information content (AvgIpc) is 2.61. The van der Waals surface area contributed by atoms with Gasteiger partial charge in [-0.3, -0.25) is 4.79 Å². The zero-order valence-electron chi connectivity index (χ0n) is 14.7. The van der Waals surface area contributed by atoms with Crippen molar-refractivity contribution in [1.29, 1.82) is 0 Å². The Kier molecular flexibility index (Phi) is 7.76. The fourth-order valence-corrected chi connectivity index (χ4v) is 3.30. The predicted molar refractivity (Wildman–Crippen MR) is 108 cm³/mol. The zero-order valence-corrected chi connectivity index (χ0v) is 16.3. The number of halogens is 2. The van der Waals surface area contributed by atoms with Gasteiger partial charge in [0.15, 0.2) is 0 Å². The molecule has 6 heteroatoms. The summed E-state index contributed by atoms with van der Waals surface area (Å²) in [5.74, 6) is 0.766. The van der Waals surface area contributed by atoms with Crippen LogP contribution in [0.5, 0.6) is 5.75 Å². The third-order valence-electron chi connectivity index (χ3n) is 4.42. The topological polar surface area (TPSA) is 50.4 Å². The minimum atomic E-state index is 0. The van der Waals surface area contributed by atoms with Gasteiger partial charge in [0.2, 0.25) is 5.91 Å². The van der Waals surface area contributed by atoms with Crippen molar-refractivity contribution >= 4 is 35.6 Å². The van der Waals surface area contributed by atoms with Crippen molar-refractivity contribution < 1.29 is 9.53 Å². The van der Waals surface area contributed by atoms with Gasteiger partial charge in [0.25, 0.3) is 0 Å². The summed E-state index contributed by atoms with van der Waals surface area (Å²) < 4.78 is 5.90. The molecule has 0 aromatic heterocycles. The zero-order chi connectivity index (χ0) is 17.6. The molecule has 1 fully saturated rings. The third kappa shape index (κ3) is 5.63. The molecule has 3 rings (SSSR count). The Hall–Kier alpha value is -1.75. The van der Waals surface area contributed by atoms with E-state index in [0.29, 0.717) is 29.1 Å². The second-order valence-corrected chi connectivity index (χ2v) is 6.92. The maximum absolute atomic E-state index is 12.6. The molecule has 0 saturated carbocycles. The van der Waals surface area contributed by atoms with Crippen molar-refractivity contribution in [2.24, 2.45) is 5.92 Å². The molecule has 1 saturated heterocycles. The maximum atomic E-state index is 12.6. The van der Waals surface area contributed by atoms with E-state index in [1.165, 1.54) is 0 Å². The Labute approximate surface area is 165 Å². The van der Waals surface area contributed by atoms with Gasteiger partial charge in [-0.2, -0.15) is 0 Å². The molecular weight excluding hydrogens is 371 g/mol. The quantitative estimate of drug-likeness (QED) is 0.774. The molecule has 2 aromatic carbocycles. The first kappa shape index (κ1) is 20.6. The van der Waals surface area contributed by atoms with Crippen LogP contribution in [0.4, 0.5) is 5.69 Å². The number of amides is 1. The standard InChI is InChI=1S/C20H23ClN2O2.ClH/c1-14-11-16(9-10-22-14)20(24)23-18-7-2-3-8-19(18)25-13-15-5-4-6-17(21)12-15;/h2-8,12,14,16,22H,9-11,13H2,1H3,(H,23,24);1H/t14-,16-;/m0./s1. The lowest BCUT2D eigenvalue weighted by atomic mass is 9.92. The van der Waals surface area contributed by atoms with Crippen molar-refractivity contribution in [2.75, 3.05) is 11.9 Å². The van der Waals surface area contributed by atoms with Crippen LogP contribution in [-0.2, 0) is 11.4 Å². The van der Waals surface area contributed by atoms with Gasteiger partial charge in [-0.1, -0.05) is 35.9 Å². The second-order valence-electron chi connectivity index (χ2n) is 6.48. The lowest BCUT2D eigenvalue weighted by molar-refractivity contribution is -0.120. The molecule has 1 aliphatic heterocycles. The first-order valence-corrected chi connectivity index (χ1v) is 9.00. The maximum Gasteiger partial charge on any atom is 0.227 e. The Bertz CT molecular complexity index is 739. The number of benzene rings is 2. The fourth-order valence-electron chi connectivity index (χ4n) is 3.09. The lowest BCUT2D eigenvalue weighted by Gasteiger charge is -2.27. The smallest absolute Gasteiger partial charge is 0.227 e. The van der Waals surface area contributed by atoms with Gasteiger partial charge in [0.05, 0.1) is 5.69 Å². The van der Waals surface area contributed by atoms with Crippen LogP contribution in [0.15, 0.2) is 48.5 Å². The van der Waals surface area contributed by atoms with Gasteiger partial charge in [-0.15, -0.1) is 12.4 Å². The summed E-state index contributed by atoms with van der Waals surface area (Å²) in [6.07, 6.45) is 1.72. The first-order chi connectivity index (χ1) is 12.1. The second kappa shape index (κ2) is 9.81. The van der Waals surface area contributed by atoms with Crippen molar-refractivity contribution in [3.05, 3.63) is 59.1 Å². The highest BCUT2D eigenvalue weighted by Gasteiger charge is 2.25. The molecule has 0 unspecified atom stereocenters.